The summed E-state index contributed by atoms with van der Waals surface area (Å²) in [5.41, 5.74) is 23.0. The van der Waals surface area contributed by atoms with Crippen LogP contribution >= 0.6 is 0 Å². The van der Waals surface area contributed by atoms with Gasteiger partial charge in [0.15, 0.2) is 0 Å². The molecule has 2 heteroatoms. The van der Waals surface area contributed by atoms with Gasteiger partial charge in [-0.2, -0.15) is 11.8 Å². The summed E-state index contributed by atoms with van der Waals surface area (Å²) in [5.74, 6) is 5.80. The molecule has 4 radical (unpaired) electrons. The summed E-state index contributed by atoms with van der Waals surface area (Å²) < 4.78 is 0. The van der Waals surface area contributed by atoms with Crippen molar-refractivity contribution in [3.63, 3.8) is 0 Å². The molecule has 0 N–H and O–H groups in total. The molecule has 2 saturated carbocycles. The van der Waals surface area contributed by atoms with Gasteiger partial charge in [0.1, 0.15) is 0 Å². The molecular formula is C74H92Sn2. The maximum atomic E-state index is 3.86. The number of fused-ring (bicyclic) bond motifs is 2. The van der Waals surface area contributed by atoms with E-state index in [0.29, 0.717) is 47.3 Å². The molecule has 2 aliphatic rings. The molecule has 0 aliphatic heterocycles. The maximum Gasteiger partial charge on any atom is 2.00 e. The van der Waals surface area contributed by atoms with Crippen LogP contribution in [0.4, 0.5) is 0 Å². The molecule has 0 saturated heterocycles. The first kappa shape index (κ1) is 64.7. The van der Waals surface area contributed by atoms with Crippen LogP contribution in [0.25, 0.3) is 44.5 Å². The summed E-state index contributed by atoms with van der Waals surface area (Å²) in [6, 6.07) is 58.5. The van der Waals surface area contributed by atoms with Crippen molar-refractivity contribution in [1.29, 1.82) is 0 Å². The van der Waals surface area contributed by atoms with E-state index in [-0.39, 0.29) is 47.8 Å². The second kappa shape index (κ2) is 30.5. The zero-order chi connectivity index (χ0) is 53.8. The van der Waals surface area contributed by atoms with Gasteiger partial charge in [-0.25, -0.2) is 12.8 Å². The van der Waals surface area contributed by atoms with Crippen LogP contribution in [-0.4, -0.2) is 47.8 Å². The van der Waals surface area contributed by atoms with E-state index < -0.39 is 0 Å². The van der Waals surface area contributed by atoms with Crippen LogP contribution in [0.15, 0.2) is 140 Å². The van der Waals surface area contributed by atoms with Crippen LogP contribution in [0, 0.1) is 43.7 Å². The second-order valence-electron chi connectivity index (χ2n) is 23.8. The third kappa shape index (κ3) is 16.6. The van der Waals surface area contributed by atoms with Crippen LogP contribution in [-0.2, 0) is 0 Å². The maximum absolute atomic E-state index is 3.86. The summed E-state index contributed by atoms with van der Waals surface area (Å²) in [5, 5.41) is 0. The van der Waals surface area contributed by atoms with Crippen LogP contribution in [0.5, 0.6) is 0 Å². The van der Waals surface area contributed by atoms with Crippen LogP contribution in [0.1, 0.15) is 227 Å². The van der Waals surface area contributed by atoms with Gasteiger partial charge in [0.05, 0.1) is 0 Å². The Labute approximate surface area is 499 Å². The van der Waals surface area contributed by atoms with Gasteiger partial charge in [0.2, 0.25) is 0 Å². The second-order valence-corrected chi connectivity index (χ2v) is 23.8. The molecule has 0 nitrogen and oxygen atoms in total. The van der Waals surface area contributed by atoms with Gasteiger partial charge < -0.3 is 12.8 Å². The van der Waals surface area contributed by atoms with E-state index in [2.05, 4.69) is 264 Å². The van der Waals surface area contributed by atoms with E-state index in [1.54, 1.807) is 0 Å². The van der Waals surface area contributed by atoms with E-state index in [9.17, 15) is 0 Å². The Hall–Kier alpha value is -3.86. The van der Waals surface area contributed by atoms with Crippen molar-refractivity contribution in [3.8, 4) is 44.5 Å². The Morgan fingerprint density at radius 3 is 0.658 bits per heavy atom. The number of hydrogen-bond acceptors (Lipinski definition) is 0. The standard InChI is InChI=1S/2C30H37.C7H10.C7H8.2Sn/c2*1-19(2)25-14-10-15-26(20(3)4)29(25)23-12-9-13-24(18-23)30-27(21(5)6)16-11-17-28(30)22(7)8;1-2-7-4-3-6(1)5-7;1-7-5-3-2-4-6-7;;/h2*9-17,19-22H,1-8H3;1,4,6-7H,2-3,5H2;2-6H,1H3;;/q2*-1;-2;;2*+2/t;;6-,7+;;;/m..0.../s1. The van der Waals surface area contributed by atoms with Crippen LogP contribution < -0.4 is 0 Å². The quantitative estimate of drug-likeness (QED) is 0.0845. The summed E-state index contributed by atoms with van der Waals surface area (Å²) >= 11 is 0. The molecule has 2 aliphatic carbocycles. The third-order valence-corrected chi connectivity index (χ3v) is 15.2. The van der Waals surface area contributed by atoms with Crippen LogP contribution in [0.2, 0.25) is 0 Å². The predicted octanol–water partition coefficient (Wildman–Crippen LogP) is 21.7. The fourth-order valence-corrected chi connectivity index (χ4v) is 11.2. The number of benzene rings is 7. The third-order valence-electron chi connectivity index (χ3n) is 15.2. The molecule has 76 heavy (non-hydrogen) atoms. The fourth-order valence-electron chi connectivity index (χ4n) is 11.2. The molecule has 0 amide bonds. The molecule has 0 aromatic heterocycles. The molecule has 7 aromatic carbocycles. The Morgan fingerprint density at radius 1 is 0.303 bits per heavy atom. The van der Waals surface area contributed by atoms with Gasteiger partial charge in [-0.05, 0) is 54.3 Å². The van der Waals surface area contributed by atoms with Crippen molar-refractivity contribution < 1.29 is 0 Å². The van der Waals surface area contributed by atoms with Crippen molar-refractivity contribution in [3.05, 3.63) is 215 Å². The fraction of sp³-hybridized carbons (Fsp3) is 0.405. The van der Waals surface area contributed by atoms with E-state index in [4.69, 9.17) is 0 Å². The average molecular weight is 1220 g/mol. The summed E-state index contributed by atoms with van der Waals surface area (Å²) in [7, 11) is 0. The molecule has 9 rings (SSSR count). The van der Waals surface area contributed by atoms with E-state index >= 15 is 0 Å². The first-order valence-electron chi connectivity index (χ1n) is 28.5. The molecule has 0 spiro atoms. The van der Waals surface area contributed by atoms with Gasteiger partial charge in [-0.1, -0.05) is 286 Å². The molecular weight excluding hydrogens is 1130 g/mol. The molecule has 0 heterocycles. The van der Waals surface area contributed by atoms with Gasteiger partial charge in [-0.3, -0.25) is 0 Å². The smallest absolute Gasteiger partial charge is 0.330 e. The number of hydrogen-bond donors (Lipinski definition) is 0. The molecule has 2 atom stereocenters. The van der Waals surface area contributed by atoms with Crippen molar-refractivity contribution in [1.82, 2.24) is 0 Å². The Morgan fingerprint density at radius 2 is 0.513 bits per heavy atom. The van der Waals surface area contributed by atoms with Gasteiger partial charge in [0.25, 0.3) is 0 Å². The zero-order valence-corrected chi connectivity index (χ0v) is 55.5. The van der Waals surface area contributed by atoms with Crippen LogP contribution in [0.3, 0.4) is 0 Å². The largest absolute Gasteiger partial charge is 2.00 e. The minimum atomic E-state index is 0. The van der Waals surface area contributed by atoms with E-state index in [1.165, 1.54) is 114 Å². The average Bonchev–Trinajstić information content (AvgIpc) is 4.06. The van der Waals surface area contributed by atoms with Crippen molar-refractivity contribution >= 4 is 47.8 Å². The molecule has 396 valence electrons. The van der Waals surface area contributed by atoms with E-state index in [0.717, 1.165) is 11.8 Å². The molecule has 7 aromatic rings. The van der Waals surface area contributed by atoms with Crippen molar-refractivity contribution in [2.45, 2.75) is 184 Å². The van der Waals surface area contributed by atoms with Gasteiger partial charge in [0, 0.05) is 0 Å². The SMILES string of the molecule is CC(C)c1cccc(C(C)C)c1-c1[c-]c(-c2c(C(C)C)cccc2C(C)C)ccc1.CC(C)c1cccc(C(C)C)c1-c1[c-]c(-c2c(C(C)C)cccc2C(C)C)ccc1.Cc1ccccc1.[CH-]1C[C@@H]2[CH-]C[C@H]1C2.[Sn+2].[Sn+2]. The first-order chi connectivity index (χ1) is 35.3. The molecule has 2 bridgehead atoms. The topological polar surface area (TPSA) is 0 Å². The Kier molecular flexibility index (Phi) is 25.9. The van der Waals surface area contributed by atoms with Crippen molar-refractivity contribution in [2.24, 2.45) is 11.8 Å². The zero-order valence-electron chi connectivity index (χ0n) is 49.8. The normalized spacial score (nSPS) is 14.6. The minimum Gasteiger partial charge on any atom is -0.330 e. The number of aryl methyl sites for hydroxylation is 1. The first-order valence-corrected chi connectivity index (χ1v) is 28.5. The summed E-state index contributed by atoms with van der Waals surface area (Å²) in [6.45, 7) is 38.7. The Bertz CT molecular complexity index is 2410. The minimum absolute atomic E-state index is 0. The monoisotopic (exact) mass is 1220 g/mol. The van der Waals surface area contributed by atoms with Gasteiger partial charge in [-0.15, -0.1) is 77.2 Å². The van der Waals surface area contributed by atoms with Gasteiger partial charge >= 0.3 is 47.8 Å². The summed E-state index contributed by atoms with van der Waals surface area (Å²) in [6.07, 6.45) is 9.19. The Balaban J connectivity index is 0.000000254. The molecule has 2 fully saturated rings. The molecule has 0 unspecified atom stereocenters. The summed E-state index contributed by atoms with van der Waals surface area (Å²) in [4.78, 5) is 0. The van der Waals surface area contributed by atoms with Crippen molar-refractivity contribution in [2.75, 3.05) is 0 Å². The van der Waals surface area contributed by atoms with E-state index in [1.807, 2.05) is 18.2 Å². The number of rotatable bonds is 12. The predicted molar refractivity (Wildman–Crippen MR) is 337 cm³/mol.